The lowest BCUT2D eigenvalue weighted by atomic mass is 10.1. The zero-order chi connectivity index (χ0) is 16.5. The van der Waals surface area contributed by atoms with Gasteiger partial charge in [0.1, 0.15) is 11.5 Å². The van der Waals surface area contributed by atoms with Gasteiger partial charge in [0.2, 0.25) is 0 Å². The summed E-state index contributed by atoms with van der Waals surface area (Å²) in [6.45, 7) is 1.58. The Morgan fingerprint density at radius 2 is 2.04 bits per heavy atom. The fraction of sp³-hybridized carbons (Fsp3) is 0.444. The number of fused-ring (bicyclic) bond motifs is 2. The molecule has 2 aromatic rings. The molecule has 0 aliphatic carbocycles. The molecule has 2 saturated heterocycles. The first-order valence-corrected chi connectivity index (χ1v) is 9.29. The Hall–Kier alpha value is -1.79. The minimum Gasteiger partial charge on any atom is -0.336 e. The van der Waals surface area contributed by atoms with Crippen LogP contribution < -0.4 is 5.32 Å². The number of aromatic nitrogens is 1. The van der Waals surface area contributed by atoms with Crippen LogP contribution in [0.3, 0.4) is 0 Å². The Morgan fingerprint density at radius 1 is 1.25 bits per heavy atom. The van der Waals surface area contributed by atoms with Crippen molar-refractivity contribution in [1.29, 1.82) is 0 Å². The molecule has 1 aromatic heterocycles. The van der Waals surface area contributed by atoms with E-state index in [-0.39, 0.29) is 11.7 Å². The van der Waals surface area contributed by atoms with Crippen LogP contribution >= 0.6 is 11.3 Å². The van der Waals surface area contributed by atoms with Gasteiger partial charge in [-0.15, -0.1) is 11.3 Å². The second-order valence-electron chi connectivity index (χ2n) is 6.61. The monoisotopic (exact) mass is 345 g/mol. The molecule has 2 aliphatic rings. The van der Waals surface area contributed by atoms with Crippen molar-refractivity contribution in [3.8, 4) is 0 Å². The van der Waals surface area contributed by atoms with Gasteiger partial charge in [-0.1, -0.05) is 12.1 Å². The first-order chi connectivity index (χ1) is 11.7. The Balaban J connectivity index is 1.44. The number of carbonyl (C=O) groups excluding carboxylic acids is 1. The summed E-state index contributed by atoms with van der Waals surface area (Å²) in [5.74, 6) is -0.205. The lowest BCUT2D eigenvalue weighted by Gasteiger charge is -2.23. The van der Waals surface area contributed by atoms with E-state index in [9.17, 15) is 9.18 Å². The van der Waals surface area contributed by atoms with Crippen molar-refractivity contribution in [1.82, 2.24) is 15.2 Å². The zero-order valence-electron chi connectivity index (χ0n) is 13.4. The molecule has 0 spiro atoms. The number of hydrogen-bond acceptors (Lipinski definition) is 4. The molecular formula is C18H20FN3OS. The van der Waals surface area contributed by atoms with Gasteiger partial charge in [-0.3, -0.25) is 4.79 Å². The Labute approximate surface area is 144 Å². The number of nitrogens with one attached hydrogen (secondary N) is 1. The normalized spacial score (nSPS) is 23.3. The predicted molar refractivity (Wildman–Crippen MR) is 91.8 cm³/mol. The SMILES string of the molecule is O=C(c1csc(Cc2ccc(F)cc2)n1)N1CCC2CCC(C1)N2. The summed E-state index contributed by atoms with van der Waals surface area (Å²) in [6.07, 6.45) is 4.03. The molecule has 0 saturated carbocycles. The minimum atomic E-state index is -0.238. The van der Waals surface area contributed by atoms with Crippen LogP contribution in [0.1, 0.15) is 40.3 Å². The van der Waals surface area contributed by atoms with Gasteiger partial charge in [0.25, 0.3) is 5.91 Å². The number of amides is 1. The summed E-state index contributed by atoms with van der Waals surface area (Å²) in [7, 11) is 0. The average molecular weight is 345 g/mol. The molecule has 3 heterocycles. The number of nitrogens with zero attached hydrogens (tertiary/aromatic N) is 2. The van der Waals surface area contributed by atoms with Crippen molar-refractivity contribution >= 4 is 17.2 Å². The molecule has 1 N–H and O–H groups in total. The van der Waals surface area contributed by atoms with Crippen LogP contribution in [0.15, 0.2) is 29.6 Å². The van der Waals surface area contributed by atoms with E-state index in [1.54, 1.807) is 12.1 Å². The highest BCUT2D eigenvalue weighted by atomic mass is 32.1. The largest absolute Gasteiger partial charge is 0.336 e. The summed E-state index contributed by atoms with van der Waals surface area (Å²) in [5.41, 5.74) is 1.54. The van der Waals surface area contributed by atoms with Gasteiger partial charge in [0.05, 0.1) is 5.01 Å². The van der Waals surface area contributed by atoms with E-state index in [0.717, 1.165) is 36.5 Å². The predicted octanol–water partition coefficient (Wildman–Crippen LogP) is 2.84. The number of benzene rings is 1. The molecule has 24 heavy (non-hydrogen) atoms. The van der Waals surface area contributed by atoms with Gasteiger partial charge in [0, 0.05) is 37.0 Å². The van der Waals surface area contributed by atoms with E-state index < -0.39 is 0 Å². The highest BCUT2D eigenvalue weighted by Gasteiger charge is 2.32. The number of halogens is 1. The molecule has 1 amide bonds. The number of rotatable bonds is 3. The smallest absolute Gasteiger partial charge is 0.273 e. The van der Waals surface area contributed by atoms with E-state index in [2.05, 4.69) is 10.3 Å². The van der Waals surface area contributed by atoms with E-state index in [4.69, 9.17) is 0 Å². The van der Waals surface area contributed by atoms with Crippen molar-refractivity contribution in [2.75, 3.05) is 13.1 Å². The molecule has 6 heteroatoms. The third kappa shape index (κ3) is 3.35. The molecule has 2 bridgehead atoms. The summed E-state index contributed by atoms with van der Waals surface area (Å²) in [5, 5.41) is 6.32. The van der Waals surface area contributed by atoms with Crippen LogP contribution in [0.25, 0.3) is 0 Å². The Kier molecular flexibility index (Phi) is 4.33. The third-order valence-electron chi connectivity index (χ3n) is 4.85. The summed E-state index contributed by atoms with van der Waals surface area (Å²) >= 11 is 1.49. The first kappa shape index (κ1) is 15.7. The van der Waals surface area contributed by atoms with Crippen LogP contribution in [0.2, 0.25) is 0 Å². The Morgan fingerprint density at radius 3 is 2.88 bits per heavy atom. The first-order valence-electron chi connectivity index (χ1n) is 8.41. The molecular weight excluding hydrogens is 325 g/mol. The summed E-state index contributed by atoms with van der Waals surface area (Å²) in [4.78, 5) is 19.2. The van der Waals surface area contributed by atoms with Crippen LogP contribution in [-0.2, 0) is 6.42 Å². The van der Waals surface area contributed by atoms with Gasteiger partial charge in [-0.2, -0.15) is 0 Å². The van der Waals surface area contributed by atoms with Crippen LogP contribution in [-0.4, -0.2) is 41.0 Å². The number of likely N-dealkylation sites (tertiary alicyclic amines) is 1. The minimum absolute atomic E-state index is 0.0333. The van der Waals surface area contributed by atoms with Gasteiger partial charge in [-0.25, -0.2) is 9.37 Å². The molecule has 1 aromatic carbocycles. The Bertz CT molecular complexity index is 730. The zero-order valence-corrected chi connectivity index (χ0v) is 14.2. The van der Waals surface area contributed by atoms with Crippen molar-refractivity contribution in [2.24, 2.45) is 0 Å². The lowest BCUT2D eigenvalue weighted by molar-refractivity contribution is 0.0743. The fourth-order valence-electron chi connectivity index (χ4n) is 3.56. The van der Waals surface area contributed by atoms with E-state index in [1.807, 2.05) is 10.3 Å². The number of carbonyl (C=O) groups is 1. The third-order valence-corrected chi connectivity index (χ3v) is 5.70. The highest BCUT2D eigenvalue weighted by Crippen LogP contribution is 2.22. The summed E-state index contributed by atoms with van der Waals surface area (Å²) in [6, 6.07) is 7.42. The highest BCUT2D eigenvalue weighted by molar-refractivity contribution is 7.09. The quantitative estimate of drug-likeness (QED) is 0.930. The maximum Gasteiger partial charge on any atom is 0.273 e. The number of thiazole rings is 1. The molecule has 2 aliphatic heterocycles. The number of hydrogen-bond donors (Lipinski definition) is 1. The average Bonchev–Trinajstić information content (AvgIpc) is 3.15. The molecule has 4 nitrogen and oxygen atoms in total. The van der Waals surface area contributed by atoms with Crippen molar-refractivity contribution in [2.45, 2.75) is 37.8 Å². The van der Waals surface area contributed by atoms with Gasteiger partial charge in [0.15, 0.2) is 0 Å². The molecule has 126 valence electrons. The fourth-order valence-corrected chi connectivity index (χ4v) is 4.36. The van der Waals surface area contributed by atoms with Gasteiger partial charge < -0.3 is 10.2 Å². The summed E-state index contributed by atoms with van der Waals surface area (Å²) < 4.78 is 13.0. The maximum atomic E-state index is 13.0. The van der Waals surface area contributed by atoms with Crippen molar-refractivity contribution < 1.29 is 9.18 Å². The van der Waals surface area contributed by atoms with Crippen molar-refractivity contribution in [3.05, 3.63) is 51.7 Å². The van der Waals surface area contributed by atoms with Crippen molar-refractivity contribution in [3.63, 3.8) is 0 Å². The second kappa shape index (κ2) is 6.61. The molecule has 2 atom stereocenters. The van der Waals surface area contributed by atoms with Crippen LogP contribution in [0, 0.1) is 5.82 Å². The second-order valence-corrected chi connectivity index (χ2v) is 7.55. The van der Waals surface area contributed by atoms with Crippen LogP contribution in [0.4, 0.5) is 4.39 Å². The standard InChI is InChI=1S/C18H20FN3OS/c19-13-3-1-12(2-4-13)9-17-21-16(11-24-17)18(23)22-8-7-14-5-6-15(10-22)20-14/h1-4,11,14-15,20H,5-10H2. The maximum absolute atomic E-state index is 13.0. The molecule has 0 radical (unpaired) electrons. The van der Waals surface area contributed by atoms with Crippen LogP contribution in [0.5, 0.6) is 0 Å². The molecule has 4 rings (SSSR count). The molecule has 2 unspecified atom stereocenters. The topological polar surface area (TPSA) is 45.2 Å². The molecule has 2 fully saturated rings. The van der Waals surface area contributed by atoms with Gasteiger partial charge >= 0.3 is 0 Å². The van der Waals surface area contributed by atoms with Gasteiger partial charge in [-0.05, 0) is 37.0 Å². The van der Waals surface area contributed by atoms with E-state index in [0.29, 0.717) is 24.2 Å². The van der Waals surface area contributed by atoms with E-state index in [1.165, 1.54) is 29.9 Å². The lowest BCUT2D eigenvalue weighted by Crippen LogP contribution is -2.39. The van der Waals surface area contributed by atoms with E-state index >= 15 is 0 Å².